The van der Waals surface area contributed by atoms with Gasteiger partial charge in [-0.1, -0.05) is 6.07 Å². The number of aryl methyl sites for hydroxylation is 2. The van der Waals surface area contributed by atoms with E-state index in [2.05, 4.69) is 17.3 Å². The molecule has 3 N–H and O–H groups in total. The van der Waals surface area contributed by atoms with E-state index in [0.29, 0.717) is 13.2 Å². The largest absolute Gasteiger partial charge is 0.486 e. The Labute approximate surface area is 128 Å². The van der Waals surface area contributed by atoms with Crippen LogP contribution in [0, 0.1) is 13.8 Å². The van der Waals surface area contributed by atoms with Crippen molar-refractivity contribution in [3.63, 3.8) is 0 Å². The van der Waals surface area contributed by atoms with Crippen LogP contribution in [0.3, 0.4) is 0 Å². The van der Waals surface area contributed by atoms with Gasteiger partial charge in [-0.2, -0.15) is 0 Å². The van der Waals surface area contributed by atoms with Crippen molar-refractivity contribution in [2.24, 2.45) is 5.84 Å². The third-order valence-electron chi connectivity index (χ3n) is 3.62. The second-order valence-electron chi connectivity index (χ2n) is 5.08. The number of rotatable bonds is 4. The third-order valence-corrected chi connectivity index (χ3v) is 4.72. The Bertz CT molecular complexity index is 622. The SMILES string of the molecule is Cc1nc(CC(NN)c2ccc3c(c2)OCCO3)sc1C. The predicted molar refractivity (Wildman–Crippen MR) is 82.8 cm³/mol. The quantitative estimate of drug-likeness (QED) is 0.670. The van der Waals surface area contributed by atoms with Crippen LogP contribution >= 0.6 is 11.3 Å². The van der Waals surface area contributed by atoms with Gasteiger partial charge in [0, 0.05) is 11.3 Å². The Balaban J connectivity index is 1.82. The normalized spacial score (nSPS) is 15.0. The molecule has 0 bridgehead atoms. The summed E-state index contributed by atoms with van der Waals surface area (Å²) in [4.78, 5) is 5.83. The molecule has 0 fully saturated rings. The van der Waals surface area contributed by atoms with Crippen molar-refractivity contribution in [2.45, 2.75) is 26.3 Å². The van der Waals surface area contributed by atoms with Gasteiger partial charge in [-0.15, -0.1) is 11.3 Å². The van der Waals surface area contributed by atoms with Crippen LogP contribution in [0.25, 0.3) is 0 Å². The van der Waals surface area contributed by atoms with E-state index in [0.717, 1.165) is 34.2 Å². The molecular formula is C15H19N3O2S. The number of fused-ring (bicyclic) bond motifs is 1. The average Bonchev–Trinajstić information content (AvgIpc) is 2.82. The standard InChI is InChI=1S/C15H19N3O2S/c1-9-10(2)21-15(17-9)8-12(18-16)11-3-4-13-14(7-11)20-6-5-19-13/h3-4,7,12,18H,5-6,8,16H2,1-2H3. The number of ether oxygens (including phenoxy) is 2. The fraction of sp³-hybridized carbons (Fsp3) is 0.400. The van der Waals surface area contributed by atoms with Crippen LogP contribution in [-0.2, 0) is 6.42 Å². The van der Waals surface area contributed by atoms with Crippen LogP contribution in [0.2, 0.25) is 0 Å². The first-order chi connectivity index (χ1) is 10.2. The summed E-state index contributed by atoms with van der Waals surface area (Å²) in [5.41, 5.74) is 5.04. The van der Waals surface area contributed by atoms with Crippen molar-refractivity contribution in [1.82, 2.24) is 10.4 Å². The first-order valence-corrected chi connectivity index (χ1v) is 7.77. The van der Waals surface area contributed by atoms with Crippen molar-refractivity contribution in [1.29, 1.82) is 0 Å². The molecule has 0 aliphatic carbocycles. The lowest BCUT2D eigenvalue weighted by molar-refractivity contribution is 0.171. The van der Waals surface area contributed by atoms with Crippen molar-refractivity contribution in [2.75, 3.05) is 13.2 Å². The van der Waals surface area contributed by atoms with Gasteiger partial charge in [0.2, 0.25) is 0 Å². The van der Waals surface area contributed by atoms with Gasteiger partial charge in [0.05, 0.1) is 16.7 Å². The number of hydrazine groups is 1. The van der Waals surface area contributed by atoms with Crippen molar-refractivity contribution in [3.8, 4) is 11.5 Å². The fourth-order valence-electron chi connectivity index (χ4n) is 2.35. The maximum Gasteiger partial charge on any atom is 0.161 e. The Kier molecular flexibility index (Phi) is 4.10. The highest BCUT2D eigenvalue weighted by Gasteiger charge is 2.18. The Morgan fingerprint density at radius 3 is 2.71 bits per heavy atom. The summed E-state index contributed by atoms with van der Waals surface area (Å²) < 4.78 is 11.2. The molecule has 1 aromatic carbocycles. The lowest BCUT2D eigenvalue weighted by Gasteiger charge is -2.21. The van der Waals surface area contributed by atoms with E-state index in [1.807, 2.05) is 25.1 Å². The molecule has 1 aliphatic heterocycles. The van der Waals surface area contributed by atoms with Crippen LogP contribution in [0.1, 0.15) is 27.2 Å². The molecule has 0 radical (unpaired) electrons. The minimum Gasteiger partial charge on any atom is -0.486 e. The Morgan fingerprint density at radius 1 is 1.29 bits per heavy atom. The van der Waals surface area contributed by atoms with Crippen molar-refractivity contribution < 1.29 is 9.47 Å². The van der Waals surface area contributed by atoms with Crippen LogP contribution < -0.4 is 20.7 Å². The molecule has 3 rings (SSSR count). The van der Waals surface area contributed by atoms with E-state index >= 15 is 0 Å². The van der Waals surface area contributed by atoms with E-state index in [4.69, 9.17) is 15.3 Å². The number of hydrogen-bond donors (Lipinski definition) is 2. The molecule has 1 aromatic heterocycles. The minimum atomic E-state index is 0.00535. The van der Waals surface area contributed by atoms with Crippen LogP contribution in [-0.4, -0.2) is 18.2 Å². The number of benzene rings is 1. The Morgan fingerprint density at radius 2 is 2.05 bits per heavy atom. The molecule has 1 atom stereocenters. The highest BCUT2D eigenvalue weighted by atomic mass is 32.1. The molecule has 1 aliphatic rings. The van der Waals surface area contributed by atoms with Gasteiger partial charge in [0.1, 0.15) is 13.2 Å². The number of nitrogens with zero attached hydrogens (tertiary/aromatic N) is 1. The summed E-state index contributed by atoms with van der Waals surface area (Å²) >= 11 is 1.72. The molecule has 0 saturated carbocycles. The number of thiazole rings is 1. The van der Waals surface area contributed by atoms with Gasteiger partial charge in [-0.05, 0) is 31.5 Å². The van der Waals surface area contributed by atoms with E-state index in [-0.39, 0.29) is 6.04 Å². The number of hydrogen-bond acceptors (Lipinski definition) is 6. The number of aromatic nitrogens is 1. The molecule has 6 heteroatoms. The summed E-state index contributed by atoms with van der Waals surface area (Å²) in [6, 6.07) is 5.95. The van der Waals surface area contributed by atoms with E-state index < -0.39 is 0 Å². The van der Waals surface area contributed by atoms with Gasteiger partial charge in [0.15, 0.2) is 11.5 Å². The molecule has 2 aromatic rings. The third kappa shape index (κ3) is 3.02. The maximum atomic E-state index is 5.73. The number of nitrogens with two attached hydrogens (primary N) is 1. The van der Waals surface area contributed by atoms with Crippen molar-refractivity contribution >= 4 is 11.3 Å². The molecule has 0 spiro atoms. The lowest BCUT2D eigenvalue weighted by atomic mass is 10.0. The molecule has 112 valence electrons. The summed E-state index contributed by atoms with van der Waals surface area (Å²) in [5, 5.41) is 1.09. The molecule has 0 saturated heterocycles. The average molecular weight is 305 g/mol. The topological polar surface area (TPSA) is 69.4 Å². The second-order valence-corrected chi connectivity index (χ2v) is 6.36. The zero-order valence-corrected chi connectivity index (χ0v) is 13.0. The van der Waals surface area contributed by atoms with Gasteiger partial charge in [-0.3, -0.25) is 11.3 Å². The van der Waals surface area contributed by atoms with Gasteiger partial charge in [-0.25, -0.2) is 4.98 Å². The van der Waals surface area contributed by atoms with Gasteiger partial charge >= 0.3 is 0 Å². The fourth-order valence-corrected chi connectivity index (χ4v) is 3.33. The smallest absolute Gasteiger partial charge is 0.161 e. The highest BCUT2D eigenvalue weighted by molar-refractivity contribution is 7.11. The lowest BCUT2D eigenvalue weighted by Crippen LogP contribution is -2.29. The maximum absolute atomic E-state index is 5.73. The zero-order chi connectivity index (χ0) is 14.8. The van der Waals surface area contributed by atoms with Crippen molar-refractivity contribution in [3.05, 3.63) is 39.3 Å². The monoisotopic (exact) mass is 305 g/mol. The van der Waals surface area contributed by atoms with Gasteiger partial charge < -0.3 is 9.47 Å². The molecule has 2 heterocycles. The molecule has 21 heavy (non-hydrogen) atoms. The van der Waals surface area contributed by atoms with E-state index in [9.17, 15) is 0 Å². The molecule has 0 amide bonds. The van der Waals surface area contributed by atoms with Crippen LogP contribution in [0.15, 0.2) is 18.2 Å². The summed E-state index contributed by atoms with van der Waals surface area (Å²) in [6.07, 6.45) is 0.759. The predicted octanol–water partition coefficient (Wildman–Crippen LogP) is 2.28. The van der Waals surface area contributed by atoms with Crippen LogP contribution in [0.4, 0.5) is 0 Å². The van der Waals surface area contributed by atoms with Gasteiger partial charge in [0.25, 0.3) is 0 Å². The first-order valence-electron chi connectivity index (χ1n) is 6.96. The van der Waals surface area contributed by atoms with Crippen LogP contribution in [0.5, 0.6) is 11.5 Å². The van der Waals surface area contributed by atoms with E-state index in [1.54, 1.807) is 11.3 Å². The highest BCUT2D eigenvalue weighted by Crippen LogP contribution is 2.33. The zero-order valence-electron chi connectivity index (χ0n) is 12.2. The first kappa shape index (κ1) is 14.3. The molecular weight excluding hydrogens is 286 g/mol. The summed E-state index contributed by atoms with van der Waals surface area (Å²) in [6.45, 7) is 5.31. The Hall–Kier alpha value is -1.63. The summed E-state index contributed by atoms with van der Waals surface area (Å²) in [5.74, 6) is 7.30. The molecule has 5 nitrogen and oxygen atoms in total. The minimum absolute atomic E-state index is 0.00535. The van der Waals surface area contributed by atoms with E-state index in [1.165, 1.54) is 4.88 Å². The number of nitrogens with one attached hydrogen (secondary N) is 1. The second kappa shape index (κ2) is 6.01. The summed E-state index contributed by atoms with van der Waals surface area (Å²) in [7, 11) is 0. The molecule has 1 unspecified atom stereocenters.